The molecule has 4 heteroatoms. The molecule has 0 aliphatic heterocycles. The van der Waals surface area contributed by atoms with Crippen LogP contribution in [0.1, 0.15) is 42.4 Å². The molecule has 0 bridgehead atoms. The highest BCUT2D eigenvalue weighted by atomic mass is 16.4. The maximum absolute atomic E-state index is 10.9. The highest BCUT2D eigenvalue weighted by molar-refractivity contribution is 5.86. The summed E-state index contributed by atoms with van der Waals surface area (Å²) >= 11 is 0. The van der Waals surface area contributed by atoms with E-state index < -0.39 is 5.97 Å². The molecule has 1 aromatic rings. The van der Waals surface area contributed by atoms with Crippen LogP contribution in [0, 0.1) is 6.92 Å². The molecular formula is C10H16N2O2. The molecule has 14 heavy (non-hydrogen) atoms. The van der Waals surface area contributed by atoms with Gasteiger partial charge < -0.3 is 9.67 Å². The molecule has 0 unspecified atom stereocenters. The topological polar surface area (TPSA) is 55.1 Å². The quantitative estimate of drug-likeness (QED) is 0.733. The molecular weight excluding hydrogens is 180 g/mol. The number of imidazole rings is 1. The molecule has 0 aliphatic carbocycles. The number of aryl methyl sites for hydroxylation is 2. The van der Waals surface area contributed by atoms with Gasteiger partial charge in [-0.25, -0.2) is 9.78 Å². The van der Waals surface area contributed by atoms with Gasteiger partial charge in [-0.3, -0.25) is 0 Å². The predicted molar refractivity (Wildman–Crippen MR) is 53.4 cm³/mol. The van der Waals surface area contributed by atoms with Crippen LogP contribution < -0.4 is 0 Å². The lowest BCUT2D eigenvalue weighted by Crippen LogP contribution is -2.09. The van der Waals surface area contributed by atoms with Crippen LogP contribution in [0.25, 0.3) is 0 Å². The molecule has 0 fully saturated rings. The minimum Gasteiger partial charge on any atom is -0.477 e. The third-order valence-corrected chi connectivity index (χ3v) is 2.23. The minimum absolute atomic E-state index is 0.320. The second-order valence-electron chi connectivity index (χ2n) is 3.38. The van der Waals surface area contributed by atoms with Crippen molar-refractivity contribution < 1.29 is 9.90 Å². The first-order valence-corrected chi connectivity index (χ1v) is 4.91. The van der Waals surface area contributed by atoms with E-state index in [0.717, 1.165) is 25.8 Å². The number of rotatable bonds is 5. The van der Waals surface area contributed by atoms with E-state index in [-0.39, 0.29) is 0 Å². The Hall–Kier alpha value is -1.32. The summed E-state index contributed by atoms with van der Waals surface area (Å²) in [5, 5.41) is 8.93. The number of carbonyl (C=O) groups is 1. The normalized spacial score (nSPS) is 10.4. The van der Waals surface area contributed by atoms with Crippen molar-refractivity contribution in [3.8, 4) is 0 Å². The summed E-state index contributed by atoms with van der Waals surface area (Å²) in [6.45, 7) is 4.59. The Morgan fingerprint density at radius 2 is 2.29 bits per heavy atom. The summed E-state index contributed by atoms with van der Waals surface area (Å²) in [4.78, 5) is 14.9. The zero-order chi connectivity index (χ0) is 10.6. The van der Waals surface area contributed by atoms with E-state index in [2.05, 4.69) is 11.9 Å². The zero-order valence-electron chi connectivity index (χ0n) is 8.66. The predicted octanol–water partition coefficient (Wildman–Crippen LogP) is 2.08. The summed E-state index contributed by atoms with van der Waals surface area (Å²) in [5.41, 5.74) is 0.912. The smallest absolute Gasteiger partial charge is 0.354 e. The van der Waals surface area contributed by atoms with E-state index in [0.29, 0.717) is 11.4 Å². The Morgan fingerprint density at radius 1 is 1.57 bits per heavy atom. The molecule has 78 valence electrons. The summed E-state index contributed by atoms with van der Waals surface area (Å²) in [6.07, 6.45) is 4.87. The number of hydrogen-bond donors (Lipinski definition) is 1. The average molecular weight is 196 g/mol. The van der Waals surface area contributed by atoms with E-state index in [1.165, 1.54) is 0 Å². The van der Waals surface area contributed by atoms with Crippen LogP contribution in [-0.2, 0) is 6.54 Å². The van der Waals surface area contributed by atoms with E-state index in [4.69, 9.17) is 5.11 Å². The van der Waals surface area contributed by atoms with Crippen LogP contribution in [0.3, 0.4) is 0 Å². The molecule has 1 N–H and O–H groups in total. The standard InChI is InChI=1S/C10H16N2O2/c1-3-4-5-6-12-7-11-8(2)9(12)10(13)14/h7H,3-6H2,1-2H3,(H,13,14). The van der Waals surface area contributed by atoms with Crippen molar-refractivity contribution in [3.63, 3.8) is 0 Å². The Bertz CT molecular complexity index is 318. The van der Waals surface area contributed by atoms with Gasteiger partial charge in [0.2, 0.25) is 0 Å². The highest BCUT2D eigenvalue weighted by Gasteiger charge is 2.13. The molecule has 0 spiro atoms. The van der Waals surface area contributed by atoms with Gasteiger partial charge in [-0.2, -0.15) is 0 Å². The van der Waals surface area contributed by atoms with Crippen molar-refractivity contribution in [2.24, 2.45) is 0 Å². The summed E-state index contributed by atoms with van der Waals surface area (Å²) in [5.74, 6) is -0.892. The minimum atomic E-state index is -0.892. The van der Waals surface area contributed by atoms with Gasteiger partial charge in [0.05, 0.1) is 12.0 Å². The van der Waals surface area contributed by atoms with Crippen LogP contribution in [0.4, 0.5) is 0 Å². The van der Waals surface area contributed by atoms with Crippen LogP contribution in [0.5, 0.6) is 0 Å². The molecule has 1 aromatic heterocycles. The second-order valence-corrected chi connectivity index (χ2v) is 3.38. The maximum Gasteiger partial charge on any atom is 0.354 e. The van der Waals surface area contributed by atoms with E-state index in [9.17, 15) is 4.79 Å². The van der Waals surface area contributed by atoms with Gasteiger partial charge in [0, 0.05) is 6.54 Å². The molecule has 0 saturated heterocycles. The lowest BCUT2D eigenvalue weighted by Gasteiger charge is -2.04. The average Bonchev–Trinajstić information content (AvgIpc) is 2.47. The third-order valence-electron chi connectivity index (χ3n) is 2.23. The number of aromatic carboxylic acids is 1. The Morgan fingerprint density at radius 3 is 2.86 bits per heavy atom. The second kappa shape index (κ2) is 4.79. The zero-order valence-corrected chi connectivity index (χ0v) is 8.66. The van der Waals surface area contributed by atoms with Crippen molar-refractivity contribution in [2.75, 3.05) is 0 Å². The highest BCUT2D eigenvalue weighted by Crippen LogP contribution is 2.08. The largest absolute Gasteiger partial charge is 0.477 e. The summed E-state index contributed by atoms with van der Waals surface area (Å²) < 4.78 is 1.72. The molecule has 1 rings (SSSR count). The Balaban J connectivity index is 2.71. The maximum atomic E-state index is 10.9. The number of hydrogen-bond acceptors (Lipinski definition) is 2. The van der Waals surface area contributed by atoms with Crippen molar-refractivity contribution in [2.45, 2.75) is 39.7 Å². The van der Waals surface area contributed by atoms with Crippen LogP contribution in [0.2, 0.25) is 0 Å². The van der Waals surface area contributed by atoms with Gasteiger partial charge >= 0.3 is 5.97 Å². The van der Waals surface area contributed by atoms with Crippen LogP contribution >= 0.6 is 0 Å². The molecule has 0 atom stereocenters. The van der Waals surface area contributed by atoms with Crippen molar-refractivity contribution in [1.29, 1.82) is 0 Å². The Kier molecular flexibility index (Phi) is 3.68. The van der Waals surface area contributed by atoms with E-state index in [1.807, 2.05) is 0 Å². The molecule has 0 saturated carbocycles. The number of unbranched alkanes of at least 4 members (excludes halogenated alkanes) is 2. The molecule has 4 nitrogen and oxygen atoms in total. The monoisotopic (exact) mass is 196 g/mol. The van der Waals surface area contributed by atoms with Crippen molar-refractivity contribution in [1.82, 2.24) is 9.55 Å². The third kappa shape index (κ3) is 2.34. The molecule has 0 aromatic carbocycles. The number of carboxylic acids is 1. The fourth-order valence-corrected chi connectivity index (χ4v) is 1.46. The van der Waals surface area contributed by atoms with Crippen LogP contribution in [0.15, 0.2) is 6.33 Å². The van der Waals surface area contributed by atoms with Gasteiger partial charge in [-0.15, -0.1) is 0 Å². The number of carboxylic acid groups (broad SMARTS) is 1. The first-order chi connectivity index (χ1) is 6.66. The van der Waals surface area contributed by atoms with Crippen molar-refractivity contribution >= 4 is 5.97 Å². The lowest BCUT2D eigenvalue weighted by atomic mass is 10.2. The fraction of sp³-hybridized carbons (Fsp3) is 0.600. The van der Waals surface area contributed by atoms with Crippen LogP contribution in [-0.4, -0.2) is 20.6 Å². The van der Waals surface area contributed by atoms with Crippen molar-refractivity contribution in [3.05, 3.63) is 17.7 Å². The first-order valence-electron chi connectivity index (χ1n) is 4.91. The number of nitrogens with zero attached hydrogens (tertiary/aromatic N) is 2. The van der Waals surface area contributed by atoms with Gasteiger partial charge in [-0.05, 0) is 13.3 Å². The van der Waals surface area contributed by atoms with Gasteiger partial charge in [0.1, 0.15) is 5.69 Å². The summed E-state index contributed by atoms with van der Waals surface area (Å²) in [7, 11) is 0. The lowest BCUT2D eigenvalue weighted by molar-refractivity contribution is 0.0684. The number of aromatic nitrogens is 2. The molecule has 0 aliphatic rings. The summed E-state index contributed by atoms with van der Waals surface area (Å²) in [6, 6.07) is 0. The fourth-order valence-electron chi connectivity index (χ4n) is 1.46. The Labute approximate surface area is 83.6 Å². The molecule has 0 amide bonds. The van der Waals surface area contributed by atoms with E-state index in [1.54, 1.807) is 17.8 Å². The van der Waals surface area contributed by atoms with Gasteiger partial charge in [0.15, 0.2) is 0 Å². The first kappa shape index (κ1) is 10.8. The van der Waals surface area contributed by atoms with E-state index >= 15 is 0 Å². The molecule has 1 heterocycles. The van der Waals surface area contributed by atoms with Gasteiger partial charge in [0.25, 0.3) is 0 Å². The SMILES string of the molecule is CCCCCn1cnc(C)c1C(=O)O. The molecule has 0 radical (unpaired) electrons. The van der Waals surface area contributed by atoms with Gasteiger partial charge in [-0.1, -0.05) is 19.8 Å².